The van der Waals surface area contributed by atoms with Crippen molar-refractivity contribution >= 4 is 18.3 Å². The molecule has 0 aliphatic heterocycles. The second-order valence-corrected chi connectivity index (χ2v) is 3.97. The van der Waals surface area contributed by atoms with Gasteiger partial charge in [-0.1, -0.05) is 13.3 Å². The highest BCUT2D eigenvalue weighted by molar-refractivity contribution is 7.80. The van der Waals surface area contributed by atoms with E-state index in [-0.39, 0.29) is 5.69 Å². The molecule has 0 radical (unpaired) electrons. The van der Waals surface area contributed by atoms with Gasteiger partial charge in [0.2, 0.25) is 0 Å². The normalized spacial score (nSPS) is 12.4. The maximum atomic E-state index is 11.2. The van der Waals surface area contributed by atoms with Gasteiger partial charge in [-0.2, -0.15) is 12.6 Å². The molecule has 0 aliphatic carbocycles. The van der Waals surface area contributed by atoms with Crippen molar-refractivity contribution < 1.29 is 4.92 Å². The Morgan fingerprint density at radius 2 is 2.31 bits per heavy atom. The van der Waals surface area contributed by atoms with Crippen LogP contribution in [0.5, 0.6) is 0 Å². The first kappa shape index (κ1) is 12.8. The first-order valence-corrected chi connectivity index (χ1v) is 5.67. The maximum absolute atomic E-state index is 11.2. The first-order valence-electron chi connectivity index (χ1n) is 5.03. The molecule has 6 heteroatoms. The van der Waals surface area contributed by atoms with E-state index in [4.69, 9.17) is 0 Å². The molecule has 1 rings (SSSR count). The molecule has 0 aliphatic rings. The average Bonchev–Trinajstić information content (AvgIpc) is 2.27. The van der Waals surface area contributed by atoms with Gasteiger partial charge in [0.1, 0.15) is 0 Å². The van der Waals surface area contributed by atoms with Gasteiger partial charge in [-0.25, -0.2) is 0 Å². The lowest BCUT2D eigenvalue weighted by molar-refractivity contribution is -0.386. The van der Waals surface area contributed by atoms with E-state index in [1.54, 1.807) is 10.8 Å². The number of nitrogens with zero attached hydrogens (tertiary/aromatic N) is 2. The topological polar surface area (TPSA) is 65.1 Å². The molecule has 16 heavy (non-hydrogen) atoms. The highest BCUT2D eigenvalue weighted by Crippen LogP contribution is 2.10. The van der Waals surface area contributed by atoms with Crippen LogP contribution in [0.4, 0.5) is 5.69 Å². The number of rotatable bonds is 5. The summed E-state index contributed by atoms with van der Waals surface area (Å²) in [6.45, 7) is 2.68. The Morgan fingerprint density at radius 1 is 1.62 bits per heavy atom. The minimum atomic E-state index is -0.652. The zero-order valence-corrected chi connectivity index (χ0v) is 9.89. The number of thiol groups is 1. The van der Waals surface area contributed by atoms with Crippen LogP contribution >= 0.6 is 12.6 Å². The van der Waals surface area contributed by atoms with E-state index >= 15 is 0 Å². The van der Waals surface area contributed by atoms with Crippen LogP contribution in [0.2, 0.25) is 0 Å². The van der Waals surface area contributed by atoms with E-state index in [1.807, 2.05) is 6.92 Å². The SMILES string of the molecule is CCC(CS)Cn1ccc(=O)c([N+](=O)[O-])c1. The molecule has 1 aromatic rings. The van der Waals surface area contributed by atoms with Crippen molar-refractivity contribution in [2.75, 3.05) is 5.75 Å². The minimum absolute atomic E-state index is 0.352. The van der Waals surface area contributed by atoms with Gasteiger partial charge in [0.25, 0.3) is 5.43 Å². The second-order valence-electron chi connectivity index (χ2n) is 3.61. The van der Waals surface area contributed by atoms with Gasteiger partial charge < -0.3 is 4.57 Å². The Bertz CT molecular complexity index is 426. The molecule has 1 heterocycles. The monoisotopic (exact) mass is 242 g/mol. The summed E-state index contributed by atoms with van der Waals surface area (Å²) in [4.78, 5) is 21.1. The van der Waals surface area contributed by atoms with Gasteiger partial charge in [0, 0.05) is 18.8 Å². The number of aromatic nitrogens is 1. The predicted molar refractivity (Wildman–Crippen MR) is 65.0 cm³/mol. The van der Waals surface area contributed by atoms with Crippen molar-refractivity contribution in [3.63, 3.8) is 0 Å². The summed E-state index contributed by atoms with van der Waals surface area (Å²) in [5, 5.41) is 10.6. The smallest absolute Gasteiger partial charge is 0.332 e. The number of pyridine rings is 1. The molecule has 88 valence electrons. The average molecular weight is 242 g/mol. The van der Waals surface area contributed by atoms with Gasteiger partial charge in [0.15, 0.2) is 0 Å². The molecule has 0 N–H and O–H groups in total. The lowest BCUT2D eigenvalue weighted by Crippen LogP contribution is -2.15. The summed E-state index contributed by atoms with van der Waals surface area (Å²) in [7, 11) is 0. The minimum Gasteiger partial charge on any atom is -0.348 e. The molecular formula is C10H14N2O3S. The van der Waals surface area contributed by atoms with E-state index in [0.717, 1.165) is 12.2 Å². The zero-order chi connectivity index (χ0) is 12.1. The fraction of sp³-hybridized carbons (Fsp3) is 0.500. The van der Waals surface area contributed by atoms with Crippen molar-refractivity contribution in [2.24, 2.45) is 5.92 Å². The zero-order valence-electron chi connectivity index (χ0n) is 9.00. The summed E-state index contributed by atoms with van der Waals surface area (Å²) in [6, 6.07) is 1.23. The first-order chi connectivity index (χ1) is 7.58. The summed E-state index contributed by atoms with van der Waals surface area (Å²) >= 11 is 4.20. The molecule has 0 spiro atoms. The van der Waals surface area contributed by atoms with Gasteiger partial charge in [-0.3, -0.25) is 14.9 Å². The summed E-state index contributed by atoms with van der Waals surface area (Å²) in [6.07, 6.45) is 3.80. The van der Waals surface area contributed by atoms with Gasteiger partial charge >= 0.3 is 5.69 Å². The van der Waals surface area contributed by atoms with E-state index in [0.29, 0.717) is 12.5 Å². The molecule has 1 aromatic heterocycles. The van der Waals surface area contributed by atoms with Crippen LogP contribution < -0.4 is 5.43 Å². The van der Waals surface area contributed by atoms with Crippen molar-refractivity contribution in [1.82, 2.24) is 4.57 Å². The van der Waals surface area contributed by atoms with Crippen LogP contribution in [0.15, 0.2) is 23.3 Å². The Labute approximate surface area is 98.7 Å². The summed E-state index contributed by atoms with van der Waals surface area (Å²) < 4.78 is 1.67. The van der Waals surface area contributed by atoms with Gasteiger partial charge in [-0.05, 0) is 11.7 Å². The lowest BCUT2D eigenvalue weighted by Gasteiger charge is -2.13. The number of hydrogen-bond donors (Lipinski definition) is 1. The Hall–Kier alpha value is -1.30. The van der Waals surface area contributed by atoms with Crippen LogP contribution in [-0.2, 0) is 6.54 Å². The van der Waals surface area contributed by atoms with Crippen LogP contribution in [0.3, 0.4) is 0 Å². The van der Waals surface area contributed by atoms with Gasteiger partial charge in [-0.15, -0.1) is 0 Å². The number of hydrogen-bond acceptors (Lipinski definition) is 4. The fourth-order valence-electron chi connectivity index (χ4n) is 1.38. The van der Waals surface area contributed by atoms with Gasteiger partial charge in [0.05, 0.1) is 11.1 Å². The molecule has 0 fully saturated rings. The molecule has 0 aromatic carbocycles. The fourth-order valence-corrected chi connectivity index (χ4v) is 1.75. The Kier molecular flexibility index (Phi) is 4.54. The third-order valence-electron chi connectivity index (χ3n) is 2.46. The molecule has 5 nitrogen and oxygen atoms in total. The van der Waals surface area contributed by atoms with Crippen LogP contribution in [0.25, 0.3) is 0 Å². The molecule has 0 saturated heterocycles. The third-order valence-corrected chi connectivity index (χ3v) is 2.98. The van der Waals surface area contributed by atoms with Crippen LogP contribution in [0.1, 0.15) is 13.3 Å². The standard InChI is InChI=1S/C10H14N2O3S/c1-2-8(7-16)5-11-4-3-10(13)9(6-11)12(14)15/h3-4,6,8,16H,2,5,7H2,1H3. The third kappa shape index (κ3) is 3.10. The molecule has 1 atom stereocenters. The van der Waals surface area contributed by atoms with E-state index in [9.17, 15) is 14.9 Å². The van der Waals surface area contributed by atoms with Crippen LogP contribution in [0, 0.1) is 16.0 Å². The number of nitro groups is 1. The Morgan fingerprint density at radius 3 is 2.81 bits per heavy atom. The van der Waals surface area contributed by atoms with E-state index in [1.165, 1.54) is 12.3 Å². The van der Waals surface area contributed by atoms with Crippen molar-refractivity contribution in [3.8, 4) is 0 Å². The lowest BCUT2D eigenvalue weighted by atomic mass is 10.1. The maximum Gasteiger partial charge on any atom is 0.332 e. The predicted octanol–water partition coefficient (Wildman–Crippen LogP) is 1.71. The molecule has 1 unspecified atom stereocenters. The van der Waals surface area contributed by atoms with Crippen molar-refractivity contribution in [3.05, 3.63) is 38.8 Å². The molecule has 0 saturated carbocycles. The summed E-state index contributed by atoms with van der Waals surface area (Å²) in [5.41, 5.74) is -0.934. The van der Waals surface area contributed by atoms with Crippen molar-refractivity contribution in [2.45, 2.75) is 19.9 Å². The van der Waals surface area contributed by atoms with Crippen LogP contribution in [-0.4, -0.2) is 15.2 Å². The summed E-state index contributed by atoms with van der Waals surface area (Å²) in [5.74, 6) is 1.07. The second kappa shape index (κ2) is 5.69. The molecular weight excluding hydrogens is 228 g/mol. The molecule has 0 bridgehead atoms. The molecule has 0 amide bonds. The van der Waals surface area contributed by atoms with E-state index in [2.05, 4.69) is 12.6 Å². The highest BCUT2D eigenvalue weighted by atomic mass is 32.1. The van der Waals surface area contributed by atoms with Crippen molar-refractivity contribution in [1.29, 1.82) is 0 Å². The highest BCUT2D eigenvalue weighted by Gasteiger charge is 2.12. The van der Waals surface area contributed by atoms with E-state index < -0.39 is 10.4 Å². The quantitative estimate of drug-likeness (QED) is 0.485. The Balaban J connectivity index is 2.95. The largest absolute Gasteiger partial charge is 0.348 e.